The number of nitrogens with zero attached hydrogens (tertiary/aromatic N) is 1. The van der Waals surface area contributed by atoms with Crippen LogP contribution < -0.4 is 5.73 Å². The summed E-state index contributed by atoms with van der Waals surface area (Å²) in [4.78, 5) is 24.7. The molecule has 2 amide bonds. The Morgan fingerprint density at radius 2 is 1.80 bits per heavy atom. The van der Waals surface area contributed by atoms with E-state index in [-0.39, 0.29) is 23.7 Å². The van der Waals surface area contributed by atoms with Crippen LogP contribution in [0.1, 0.15) is 26.2 Å². The quantitative estimate of drug-likeness (QED) is 0.715. The summed E-state index contributed by atoms with van der Waals surface area (Å²) < 4.78 is 0. The number of hydrogen-bond acceptors (Lipinski definition) is 2. The first-order valence-corrected chi connectivity index (χ1v) is 5.67. The van der Waals surface area contributed by atoms with E-state index in [1.54, 1.807) is 0 Å². The van der Waals surface area contributed by atoms with E-state index in [1.165, 1.54) is 0 Å². The molecule has 84 valence electrons. The maximum absolute atomic E-state index is 11.9. The number of likely N-dealkylation sites (tertiary alicyclic amines) is 1. The van der Waals surface area contributed by atoms with Crippen LogP contribution in [-0.4, -0.2) is 29.8 Å². The highest BCUT2D eigenvalue weighted by molar-refractivity contribution is 5.82. The molecular formula is C11H18N2O2. The van der Waals surface area contributed by atoms with E-state index >= 15 is 0 Å². The number of nitrogens with two attached hydrogens (primary N) is 1. The number of piperidine rings is 1. The van der Waals surface area contributed by atoms with Gasteiger partial charge in [0.1, 0.15) is 0 Å². The van der Waals surface area contributed by atoms with Crippen LogP contribution in [0.25, 0.3) is 0 Å². The van der Waals surface area contributed by atoms with Crippen molar-refractivity contribution in [1.82, 2.24) is 4.90 Å². The van der Waals surface area contributed by atoms with E-state index in [2.05, 4.69) is 6.92 Å². The van der Waals surface area contributed by atoms with E-state index in [0.717, 1.165) is 19.3 Å². The highest BCUT2D eigenvalue weighted by Crippen LogP contribution is 2.39. The van der Waals surface area contributed by atoms with Crippen LogP contribution in [0.15, 0.2) is 0 Å². The molecule has 4 heteroatoms. The number of amides is 2. The van der Waals surface area contributed by atoms with Gasteiger partial charge in [-0.05, 0) is 25.2 Å². The molecule has 0 aromatic heterocycles. The Bertz CT molecular complexity index is 282. The smallest absolute Gasteiger partial charge is 0.225 e. The van der Waals surface area contributed by atoms with Gasteiger partial charge >= 0.3 is 0 Å². The summed E-state index contributed by atoms with van der Waals surface area (Å²) in [5.41, 5.74) is 5.24. The van der Waals surface area contributed by atoms with Gasteiger partial charge in [-0.3, -0.25) is 9.59 Å². The predicted molar refractivity (Wildman–Crippen MR) is 55.8 cm³/mol. The molecule has 0 aromatic carbocycles. The molecular weight excluding hydrogens is 192 g/mol. The van der Waals surface area contributed by atoms with Gasteiger partial charge in [0.25, 0.3) is 0 Å². The average Bonchev–Trinajstić information content (AvgIpc) is 2.94. The molecule has 1 aliphatic heterocycles. The minimum absolute atomic E-state index is 0.0225. The zero-order valence-electron chi connectivity index (χ0n) is 9.11. The number of carbonyl (C=O) groups is 2. The van der Waals surface area contributed by atoms with Gasteiger partial charge in [0.15, 0.2) is 0 Å². The minimum atomic E-state index is -0.220. The fraction of sp³-hybridized carbons (Fsp3) is 0.818. The lowest BCUT2D eigenvalue weighted by Crippen LogP contribution is -2.42. The maximum atomic E-state index is 11.9. The summed E-state index contributed by atoms with van der Waals surface area (Å²) in [6, 6.07) is 0. The number of rotatable bonds is 2. The summed E-state index contributed by atoms with van der Waals surface area (Å²) in [5, 5.41) is 0. The van der Waals surface area contributed by atoms with Crippen LogP contribution in [0, 0.1) is 17.8 Å². The summed E-state index contributed by atoms with van der Waals surface area (Å²) in [5.74, 6) is 0.861. The van der Waals surface area contributed by atoms with Gasteiger partial charge in [0.2, 0.25) is 11.8 Å². The van der Waals surface area contributed by atoms with Crippen LogP contribution in [-0.2, 0) is 9.59 Å². The predicted octanol–water partition coefficient (Wildman–Crippen LogP) is 0.366. The minimum Gasteiger partial charge on any atom is -0.369 e. The van der Waals surface area contributed by atoms with Crippen molar-refractivity contribution in [3.8, 4) is 0 Å². The fourth-order valence-corrected chi connectivity index (χ4v) is 2.29. The van der Waals surface area contributed by atoms with E-state index < -0.39 is 0 Å². The Hall–Kier alpha value is -1.06. The summed E-state index contributed by atoms with van der Waals surface area (Å²) in [6.07, 6.45) is 2.51. The Morgan fingerprint density at radius 3 is 2.20 bits per heavy atom. The summed E-state index contributed by atoms with van der Waals surface area (Å²) in [6.45, 7) is 3.52. The van der Waals surface area contributed by atoms with Crippen LogP contribution in [0.2, 0.25) is 0 Å². The normalized spacial score (nSPS) is 31.4. The molecule has 0 bridgehead atoms. The number of hydrogen-bond donors (Lipinski definition) is 1. The molecule has 1 saturated carbocycles. The lowest BCUT2D eigenvalue weighted by Gasteiger charge is -2.30. The van der Waals surface area contributed by atoms with E-state index in [4.69, 9.17) is 5.73 Å². The third-order valence-corrected chi connectivity index (χ3v) is 3.64. The van der Waals surface area contributed by atoms with Crippen molar-refractivity contribution in [2.45, 2.75) is 26.2 Å². The SMILES string of the molecule is CC1CC1C(=O)N1CCC(C(N)=O)CC1. The zero-order chi connectivity index (χ0) is 11.0. The van der Waals surface area contributed by atoms with Gasteiger partial charge in [-0.15, -0.1) is 0 Å². The lowest BCUT2D eigenvalue weighted by atomic mass is 9.96. The zero-order valence-corrected chi connectivity index (χ0v) is 9.11. The molecule has 2 unspecified atom stereocenters. The van der Waals surface area contributed by atoms with Crippen molar-refractivity contribution in [2.75, 3.05) is 13.1 Å². The highest BCUT2D eigenvalue weighted by atomic mass is 16.2. The second-order valence-corrected chi connectivity index (χ2v) is 4.82. The largest absolute Gasteiger partial charge is 0.369 e. The molecule has 15 heavy (non-hydrogen) atoms. The molecule has 1 saturated heterocycles. The molecule has 4 nitrogen and oxygen atoms in total. The van der Waals surface area contributed by atoms with Gasteiger partial charge in [0.05, 0.1) is 0 Å². The third-order valence-electron chi connectivity index (χ3n) is 3.64. The van der Waals surface area contributed by atoms with Gasteiger partial charge in [-0.2, -0.15) is 0 Å². The van der Waals surface area contributed by atoms with Gasteiger partial charge in [-0.25, -0.2) is 0 Å². The molecule has 0 radical (unpaired) electrons. The number of carbonyl (C=O) groups excluding carboxylic acids is 2. The van der Waals surface area contributed by atoms with Crippen molar-refractivity contribution in [3.63, 3.8) is 0 Å². The van der Waals surface area contributed by atoms with Crippen molar-refractivity contribution in [2.24, 2.45) is 23.5 Å². The topological polar surface area (TPSA) is 63.4 Å². The van der Waals surface area contributed by atoms with E-state index in [1.807, 2.05) is 4.90 Å². The van der Waals surface area contributed by atoms with Crippen LogP contribution in [0.4, 0.5) is 0 Å². The average molecular weight is 210 g/mol. The Labute approximate surface area is 89.8 Å². The third kappa shape index (κ3) is 2.13. The van der Waals surface area contributed by atoms with Crippen LogP contribution in [0.5, 0.6) is 0 Å². The molecule has 1 heterocycles. The first kappa shape index (κ1) is 10.5. The van der Waals surface area contributed by atoms with Crippen molar-refractivity contribution < 1.29 is 9.59 Å². The molecule has 2 fully saturated rings. The molecule has 2 rings (SSSR count). The first-order valence-electron chi connectivity index (χ1n) is 5.67. The van der Waals surface area contributed by atoms with Crippen LogP contribution in [0.3, 0.4) is 0 Å². The lowest BCUT2D eigenvalue weighted by molar-refractivity contribution is -0.136. The molecule has 2 atom stereocenters. The van der Waals surface area contributed by atoms with Gasteiger partial charge < -0.3 is 10.6 Å². The molecule has 1 aliphatic carbocycles. The summed E-state index contributed by atoms with van der Waals surface area (Å²) in [7, 11) is 0. The highest BCUT2D eigenvalue weighted by Gasteiger charge is 2.42. The molecule has 0 aromatic rings. The second kappa shape index (κ2) is 3.83. The van der Waals surface area contributed by atoms with Gasteiger partial charge in [0, 0.05) is 24.9 Å². The number of primary amides is 1. The van der Waals surface area contributed by atoms with Crippen LogP contribution >= 0.6 is 0 Å². The van der Waals surface area contributed by atoms with Gasteiger partial charge in [-0.1, -0.05) is 6.92 Å². The maximum Gasteiger partial charge on any atom is 0.225 e. The first-order chi connectivity index (χ1) is 7.09. The van der Waals surface area contributed by atoms with Crippen molar-refractivity contribution in [3.05, 3.63) is 0 Å². The molecule has 2 N–H and O–H groups in total. The molecule has 0 spiro atoms. The second-order valence-electron chi connectivity index (χ2n) is 4.82. The van der Waals surface area contributed by atoms with Crippen molar-refractivity contribution in [1.29, 1.82) is 0 Å². The Kier molecular flexibility index (Phi) is 2.67. The monoisotopic (exact) mass is 210 g/mol. The Balaban J connectivity index is 1.83. The van der Waals surface area contributed by atoms with E-state index in [9.17, 15) is 9.59 Å². The summed E-state index contributed by atoms with van der Waals surface area (Å²) >= 11 is 0. The Morgan fingerprint density at radius 1 is 1.27 bits per heavy atom. The van der Waals surface area contributed by atoms with Crippen molar-refractivity contribution >= 4 is 11.8 Å². The standard InChI is InChI=1S/C11H18N2O2/c1-7-6-9(7)11(15)13-4-2-8(3-5-13)10(12)14/h7-9H,2-6H2,1H3,(H2,12,14). The molecule has 2 aliphatic rings. The fourth-order valence-electron chi connectivity index (χ4n) is 2.29. The van der Waals surface area contributed by atoms with E-state index in [0.29, 0.717) is 19.0 Å².